The van der Waals surface area contributed by atoms with E-state index in [1.54, 1.807) is 48.5 Å². The number of nitrogens with one attached hydrogen (secondary N) is 1. The van der Waals surface area contributed by atoms with Gasteiger partial charge in [-0.25, -0.2) is 0 Å². The summed E-state index contributed by atoms with van der Waals surface area (Å²) in [6.45, 7) is 0. The van der Waals surface area contributed by atoms with Crippen molar-refractivity contribution in [2.75, 3.05) is 0 Å². The molecule has 0 spiro atoms. The van der Waals surface area contributed by atoms with Crippen molar-refractivity contribution in [1.29, 1.82) is 0 Å². The molecule has 0 aliphatic rings. The predicted molar refractivity (Wildman–Crippen MR) is 100 cm³/mol. The van der Waals surface area contributed by atoms with Gasteiger partial charge in [-0.3, -0.25) is 9.59 Å². The zero-order chi connectivity index (χ0) is 18.7. The third-order valence-corrected chi connectivity index (χ3v) is 4.32. The van der Waals surface area contributed by atoms with Gasteiger partial charge in [-0.2, -0.15) is 0 Å². The Hall–Kier alpha value is -2.64. The Morgan fingerprint density at radius 2 is 1.92 bits per heavy atom. The van der Waals surface area contributed by atoms with Crippen LogP contribution in [0.15, 0.2) is 63.6 Å². The molecule has 26 heavy (non-hydrogen) atoms. The molecular formula is C18H13BrClN3O3. The molecule has 6 nitrogen and oxygen atoms in total. The average Bonchev–Trinajstić information content (AvgIpc) is 3.09. The molecular weight excluding hydrogens is 422 g/mol. The summed E-state index contributed by atoms with van der Waals surface area (Å²) < 4.78 is 5.96. The second kappa shape index (κ2) is 7.72. The highest BCUT2D eigenvalue weighted by Crippen LogP contribution is 2.24. The molecule has 0 saturated heterocycles. The Morgan fingerprint density at radius 3 is 2.62 bits per heavy atom. The Morgan fingerprint density at radius 1 is 1.15 bits per heavy atom. The lowest BCUT2D eigenvalue weighted by molar-refractivity contribution is -0.120. The number of carbonyl (C=O) groups is 2. The number of hydrogen-bond donors (Lipinski definition) is 2. The summed E-state index contributed by atoms with van der Waals surface area (Å²) >= 11 is 9.27. The summed E-state index contributed by atoms with van der Waals surface area (Å²) in [5.41, 5.74) is 6.70. The number of rotatable bonds is 5. The molecule has 0 bridgehead atoms. The van der Waals surface area contributed by atoms with Gasteiger partial charge in [0.1, 0.15) is 6.04 Å². The summed E-state index contributed by atoms with van der Waals surface area (Å²) in [4.78, 5) is 24.2. The normalized spacial score (nSPS) is 11.8. The fourth-order valence-corrected chi connectivity index (χ4v) is 2.98. The zero-order valence-electron chi connectivity index (χ0n) is 13.3. The molecule has 0 radical (unpaired) electrons. The third kappa shape index (κ3) is 4.12. The molecule has 0 aliphatic heterocycles. The van der Waals surface area contributed by atoms with Crippen LogP contribution in [0.4, 0.5) is 0 Å². The molecule has 0 saturated carbocycles. The Bertz CT molecular complexity index is 974. The van der Waals surface area contributed by atoms with Gasteiger partial charge in [-0.05, 0) is 29.8 Å². The number of nitrogens with two attached hydrogens (primary N) is 1. The highest BCUT2D eigenvalue weighted by molar-refractivity contribution is 9.10. The second-order valence-electron chi connectivity index (χ2n) is 5.45. The number of hydrogen-bond acceptors (Lipinski definition) is 4. The van der Waals surface area contributed by atoms with Crippen LogP contribution in [0, 0.1) is 0 Å². The SMILES string of the molecule is NC(=O)C(NC(=O)c1cc(-c2cccc(Cl)c2)on1)c1cccc(Br)c1. The minimum absolute atomic E-state index is 0.0289. The van der Waals surface area contributed by atoms with E-state index in [-0.39, 0.29) is 5.69 Å². The van der Waals surface area contributed by atoms with E-state index < -0.39 is 17.9 Å². The molecule has 2 aromatic carbocycles. The molecule has 3 aromatic rings. The number of amides is 2. The van der Waals surface area contributed by atoms with E-state index in [2.05, 4.69) is 26.4 Å². The Labute approximate surface area is 162 Å². The molecule has 8 heteroatoms. The topological polar surface area (TPSA) is 98.2 Å². The van der Waals surface area contributed by atoms with Crippen molar-refractivity contribution in [2.24, 2.45) is 5.73 Å². The van der Waals surface area contributed by atoms with E-state index in [0.29, 0.717) is 21.9 Å². The molecule has 2 amide bonds. The lowest BCUT2D eigenvalue weighted by Crippen LogP contribution is -2.37. The standard InChI is InChI=1S/C18H13BrClN3O3/c19-12-5-1-4-11(7-12)16(17(21)24)22-18(25)14-9-15(26-23-14)10-3-2-6-13(20)8-10/h1-9,16H,(H2,21,24)(H,22,25). The van der Waals surface area contributed by atoms with Crippen molar-refractivity contribution in [3.63, 3.8) is 0 Å². The van der Waals surface area contributed by atoms with Crippen molar-refractivity contribution in [3.8, 4) is 11.3 Å². The minimum atomic E-state index is -0.994. The van der Waals surface area contributed by atoms with E-state index in [9.17, 15) is 9.59 Å². The smallest absolute Gasteiger partial charge is 0.274 e. The maximum atomic E-state index is 12.5. The van der Waals surface area contributed by atoms with Crippen LogP contribution in [0.1, 0.15) is 22.1 Å². The monoisotopic (exact) mass is 433 g/mol. The largest absolute Gasteiger partial charge is 0.368 e. The number of halogens is 2. The minimum Gasteiger partial charge on any atom is -0.368 e. The van der Waals surface area contributed by atoms with E-state index in [1.165, 1.54) is 6.07 Å². The Kier molecular flexibility index (Phi) is 5.39. The van der Waals surface area contributed by atoms with Crippen LogP contribution in [0.3, 0.4) is 0 Å². The van der Waals surface area contributed by atoms with Gasteiger partial charge in [0, 0.05) is 21.1 Å². The van der Waals surface area contributed by atoms with Gasteiger partial charge in [-0.15, -0.1) is 0 Å². The first-order valence-corrected chi connectivity index (χ1v) is 8.69. The maximum absolute atomic E-state index is 12.5. The molecule has 0 fully saturated rings. The van der Waals surface area contributed by atoms with Gasteiger partial charge in [0.25, 0.3) is 5.91 Å². The molecule has 132 valence electrons. The van der Waals surface area contributed by atoms with Crippen molar-refractivity contribution in [1.82, 2.24) is 10.5 Å². The Balaban J connectivity index is 1.82. The fraction of sp³-hybridized carbons (Fsp3) is 0.0556. The van der Waals surface area contributed by atoms with Crippen LogP contribution in [0.2, 0.25) is 5.02 Å². The summed E-state index contributed by atoms with van der Waals surface area (Å²) in [6, 6.07) is 14.4. The number of primary amides is 1. The van der Waals surface area contributed by atoms with Crippen molar-refractivity contribution in [3.05, 3.63) is 75.4 Å². The lowest BCUT2D eigenvalue weighted by atomic mass is 10.1. The van der Waals surface area contributed by atoms with E-state index in [0.717, 1.165) is 4.47 Å². The van der Waals surface area contributed by atoms with Crippen molar-refractivity contribution >= 4 is 39.3 Å². The number of benzene rings is 2. The summed E-state index contributed by atoms with van der Waals surface area (Å²) in [6.07, 6.45) is 0. The van der Waals surface area contributed by atoms with Gasteiger partial charge < -0.3 is 15.6 Å². The van der Waals surface area contributed by atoms with Crippen LogP contribution in [0.5, 0.6) is 0 Å². The third-order valence-electron chi connectivity index (χ3n) is 3.59. The van der Waals surface area contributed by atoms with Crippen molar-refractivity contribution in [2.45, 2.75) is 6.04 Å². The summed E-state index contributed by atoms with van der Waals surface area (Å²) in [5.74, 6) is -0.878. The molecule has 1 heterocycles. The fourth-order valence-electron chi connectivity index (χ4n) is 2.37. The predicted octanol–water partition coefficient (Wildman–Crippen LogP) is 3.71. The first-order valence-electron chi connectivity index (χ1n) is 7.52. The van der Waals surface area contributed by atoms with Crippen LogP contribution in [-0.4, -0.2) is 17.0 Å². The highest BCUT2D eigenvalue weighted by atomic mass is 79.9. The van der Waals surface area contributed by atoms with E-state index in [4.69, 9.17) is 21.9 Å². The highest BCUT2D eigenvalue weighted by Gasteiger charge is 2.23. The van der Waals surface area contributed by atoms with Crippen LogP contribution < -0.4 is 11.1 Å². The summed E-state index contributed by atoms with van der Waals surface area (Å²) in [7, 11) is 0. The lowest BCUT2D eigenvalue weighted by Gasteiger charge is -2.15. The van der Waals surface area contributed by atoms with Gasteiger partial charge >= 0.3 is 0 Å². The number of aromatic nitrogens is 1. The number of carbonyl (C=O) groups excluding carboxylic acids is 2. The quantitative estimate of drug-likeness (QED) is 0.639. The van der Waals surface area contributed by atoms with Crippen LogP contribution >= 0.6 is 27.5 Å². The zero-order valence-corrected chi connectivity index (χ0v) is 15.6. The summed E-state index contributed by atoms with van der Waals surface area (Å²) in [5, 5.41) is 6.86. The average molecular weight is 435 g/mol. The van der Waals surface area contributed by atoms with Gasteiger partial charge in [0.2, 0.25) is 5.91 Å². The molecule has 1 atom stereocenters. The molecule has 1 unspecified atom stereocenters. The second-order valence-corrected chi connectivity index (χ2v) is 6.80. The van der Waals surface area contributed by atoms with Crippen LogP contribution in [-0.2, 0) is 4.79 Å². The molecule has 3 N–H and O–H groups in total. The van der Waals surface area contributed by atoms with Gasteiger partial charge in [-0.1, -0.05) is 57.0 Å². The first-order chi connectivity index (χ1) is 12.4. The first kappa shape index (κ1) is 18.2. The van der Waals surface area contributed by atoms with E-state index >= 15 is 0 Å². The van der Waals surface area contributed by atoms with Gasteiger partial charge in [0.15, 0.2) is 11.5 Å². The van der Waals surface area contributed by atoms with E-state index in [1.807, 2.05) is 0 Å². The molecule has 3 rings (SSSR count). The van der Waals surface area contributed by atoms with Crippen molar-refractivity contribution < 1.29 is 14.1 Å². The molecule has 1 aromatic heterocycles. The van der Waals surface area contributed by atoms with Crippen LogP contribution in [0.25, 0.3) is 11.3 Å². The number of nitrogens with zero attached hydrogens (tertiary/aromatic N) is 1. The maximum Gasteiger partial charge on any atom is 0.274 e. The van der Waals surface area contributed by atoms with Gasteiger partial charge in [0.05, 0.1) is 0 Å². The molecule has 0 aliphatic carbocycles.